The Morgan fingerprint density at radius 1 is 0.778 bits per heavy atom. The van der Waals surface area contributed by atoms with E-state index in [1.807, 2.05) is 30.3 Å². The molecule has 0 fully saturated rings. The van der Waals surface area contributed by atoms with E-state index >= 15 is 0 Å². The van der Waals surface area contributed by atoms with Crippen LogP contribution in [-0.2, 0) is 6.54 Å². The Morgan fingerprint density at radius 2 is 1.28 bits per heavy atom. The topological polar surface area (TPSA) is 119 Å². The molecule has 0 aliphatic carbocycles. The summed E-state index contributed by atoms with van der Waals surface area (Å²) in [6.07, 6.45) is 0. The van der Waals surface area contributed by atoms with E-state index in [1.54, 1.807) is 48.5 Å². The van der Waals surface area contributed by atoms with Gasteiger partial charge in [-0.25, -0.2) is 0 Å². The van der Waals surface area contributed by atoms with Crippen molar-refractivity contribution in [2.24, 2.45) is 0 Å². The monoisotopic (exact) mass is 498 g/mol. The molecule has 10 heteroatoms. The van der Waals surface area contributed by atoms with Crippen molar-refractivity contribution in [3.05, 3.63) is 122 Å². The van der Waals surface area contributed by atoms with Gasteiger partial charge in [-0.15, -0.1) is 0 Å². The van der Waals surface area contributed by atoms with Crippen molar-refractivity contribution < 1.29 is 14.6 Å². The molecule has 4 aromatic rings. The van der Waals surface area contributed by atoms with Crippen molar-refractivity contribution in [3.8, 4) is 0 Å². The summed E-state index contributed by atoms with van der Waals surface area (Å²) in [6.45, 7) is 0.139. The quantitative estimate of drug-likeness (QED) is 0.236. The highest BCUT2D eigenvalue weighted by atomic mass is 32.2. The van der Waals surface area contributed by atoms with Crippen LogP contribution in [0.1, 0.15) is 15.9 Å². The Balaban J connectivity index is 1.61. The highest BCUT2D eigenvalue weighted by Crippen LogP contribution is 2.49. The molecule has 4 aromatic carbocycles. The van der Waals surface area contributed by atoms with Gasteiger partial charge >= 0.3 is 0 Å². The van der Waals surface area contributed by atoms with Crippen molar-refractivity contribution in [3.63, 3.8) is 0 Å². The number of anilines is 3. The molecule has 0 aromatic heterocycles. The van der Waals surface area contributed by atoms with Crippen LogP contribution in [0, 0.1) is 20.2 Å². The van der Waals surface area contributed by atoms with E-state index in [9.17, 15) is 25.0 Å². The lowest BCUT2D eigenvalue weighted by molar-refractivity contribution is -0.392. The van der Waals surface area contributed by atoms with E-state index in [-0.39, 0.29) is 17.8 Å². The summed E-state index contributed by atoms with van der Waals surface area (Å²) >= 11 is 1.50. The molecular formula is C26H18N4O5S. The number of hydrogen-bond acceptors (Lipinski definition) is 7. The van der Waals surface area contributed by atoms with Gasteiger partial charge in [0.25, 0.3) is 17.3 Å². The van der Waals surface area contributed by atoms with Gasteiger partial charge in [0.1, 0.15) is 0 Å². The van der Waals surface area contributed by atoms with Crippen LogP contribution in [0.25, 0.3) is 0 Å². The van der Waals surface area contributed by atoms with Crippen molar-refractivity contribution in [1.82, 2.24) is 0 Å². The number of amides is 1. The largest absolute Gasteiger partial charge is 0.370 e. The number of para-hydroxylation sites is 2. The molecule has 0 saturated heterocycles. The lowest BCUT2D eigenvalue weighted by Gasteiger charge is -2.31. The van der Waals surface area contributed by atoms with Gasteiger partial charge < -0.3 is 5.32 Å². The second-order valence-electron chi connectivity index (χ2n) is 7.92. The number of nitrogens with one attached hydrogen (secondary N) is 1. The van der Waals surface area contributed by atoms with Crippen LogP contribution in [0.15, 0.2) is 101 Å². The minimum atomic E-state index is -0.717. The summed E-state index contributed by atoms with van der Waals surface area (Å²) in [5.41, 5.74) is 0.495. The second kappa shape index (κ2) is 9.51. The van der Waals surface area contributed by atoms with Gasteiger partial charge in [-0.2, -0.15) is 0 Å². The number of fused-ring (bicyclic) bond motifs is 2. The van der Waals surface area contributed by atoms with Crippen LogP contribution in [0.3, 0.4) is 0 Å². The molecule has 0 saturated carbocycles. The van der Waals surface area contributed by atoms with Gasteiger partial charge in [0.15, 0.2) is 5.69 Å². The molecule has 178 valence electrons. The van der Waals surface area contributed by atoms with E-state index in [0.29, 0.717) is 11.4 Å². The maximum Gasteiger partial charge on any atom is 0.300 e. The maximum atomic E-state index is 13.8. The summed E-state index contributed by atoms with van der Waals surface area (Å²) in [5, 5.41) is 26.8. The molecule has 36 heavy (non-hydrogen) atoms. The fraction of sp³-hybridized carbons (Fsp3) is 0.0385. The summed E-state index contributed by atoms with van der Waals surface area (Å²) in [4.78, 5) is 39.4. The molecule has 0 spiro atoms. The number of rotatable bonds is 6. The van der Waals surface area contributed by atoms with Gasteiger partial charge in [0.05, 0.1) is 26.8 Å². The van der Waals surface area contributed by atoms with E-state index in [2.05, 4.69) is 5.32 Å². The third kappa shape index (κ3) is 4.25. The Morgan fingerprint density at radius 3 is 1.81 bits per heavy atom. The smallest absolute Gasteiger partial charge is 0.300 e. The third-order valence-corrected chi connectivity index (χ3v) is 6.81. The van der Waals surface area contributed by atoms with Crippen LogP contribution >= 0.6 is 11.8 Å². The third-order valence-electron chi connectivity index (χ3n) is 5.68. The van der Waals surface area contributed by atoms with Crippen LogP contribution < -0.4 is 10.2 Å². The zero-order valence-electron chi connectivity index (χ0n) is 18.7. The van der Waals surface area contributed by atoms with Crippen molar-refractivity contribution >= 4 is 46.1 Å². The average Bonchev–Trinajstić information content (AvgIpc) is 2.90. The SMILES string of the molecule is O=C(c1cc([N+](=O)[O-])c(NCc2ccccc2)c([N+](=O)[O-])c1)N1c2ccccc2Sc2ccccc21. The molecular weight excluding hydrogens is 480 g/mol. The second-order valence-corrected chi connectivity index (χ2v) is 9.00. The Labute approximate surface area is 209 Å². The predicted molar refractivity (Wildman–Crippen MR) is 137 cm³/mol. The van der Waals surface area contributed by atoms with Crippen molar-refractivity contribution in [2.75, 3.05) is 10.2 Å². The lowest BCUT2D eigenvalue weighted by Crippen LogP contribution is -2.28. The summed E-state index contributed by atoms with van der Waals surface area (Å²) in [6, 6.07) is 25.8. The Hall–Kier alpha value is -4.70. The minimum Gasteiger partial charge on any atom is -0.370 e. The minimum absolute atomic E-state index is 0.139. The molecule has 0 radical (unpaired) electrons. The molecule has 0 unspecified atom stereocenters. The first-order chi connectivity index (χ1) is 17.4. The van der Waals surface area contributed by atoms with Crippen LogP contribution in [0.4, 0.5) is 28.4 Å². The Bertz CT molecular complexity index is 1430. The summed E-state index contributed by atoms with van der Waals surface area (Å²) in [5.74, 6) is -0.601. The first-order valence-corrected chi connectivity index (χ1v) is 11.7. The number of benzene rings is 4. The normalized spacial score (nSPS) is 11.8. The summed E-state index contributed by atoms with van der Waals surface area (Å²) < 4.78 is 0. The molecule has 1 aliphatic heterocycles. The van der Waals surface area contributed by atoms with Gasteiger partial charge in [0, 0.05) is 28.5 Å². The highest BCUT2D eigenvalue weighted by Gasteiger charge is 2.33. The first kappa shape index (κ1) is 23.1. The molecule has 1 aliphatic rings. The van der Waals surface area contributed by atoms with Crippen LogP contribution in [0.5, 0.6) is 0 Å². The van der Waals surface area contributed by atoms with Crippen LogP contribution in [-0.4, -0.2) is 15.8 Å². The number of carbonyl (C=O) groups is 1. The number of carbonyl (C=O) groups excluding carboxylic acids is 1. The standard InChI is InChI=1S/C26H18N4O5S/c31-26(28-19-10-4-6-12-23(19)36-24-13-7-5-11-20(24)28)18-14-21(29(32)33)25(22(15-18)30(34)35)27-16-17-8-2-1-3-9-17/h1-15,27H,16H2. The van der Waals surface area contributed by atoms with Gasteiger partial charge in [-0.1, -0.05) is 66.4 Å². The number of nitro groups is 2. The molecule has 5 rings (SSSR count). The lowest BCUT2D eigenvalue weighted by atomic mass is 10.1. The maximum absolute atomic E-state index is 13.8. The fourth-order valence-electron chi connectivity index (χ4n) is 4.04. The van der Waals surface area contributed by atoms with E-state index in [1.165, 1.54) is 16.7 Å². The molecule has 1 heterocycles. The highest BCUT2D eigenvalue weighted by molar-refractivity contribution is 7.99. The van der Waals surface area contributed by atoms with E-state index in [0.717, 1.165) is 27.5 Å². The molecule has 1 amide bonds. The molecule has 9 nitrogen and oxygen atoms in total. The van der Waals surface area contributed by atoms with Gasteiger partial charge in [-0.05, 0) is 29.8 Å². The zero-order chi connectivity index (χ0) is 25.2. The number of nitrogens with zero attached hydrogens (tertiary/aromatic N) is 3. The van der Waals surface area contributed by atoms with Crippen LogP contribution in [0.2, 0.25) is 0 Å². The average molecular weight is 499 g/mol. The molecule has 0 atom stereocenters. The Kier molecular flexibility index (Phi) is 6.09. The summed E-state index contributed by atoms with van der Waals surface area (Å²) in [7, 11) is 0. The number of hydrogen-bond donors (Lipinski definition) is 1. The van der Waals surface area contributed by atoms with E-state index in [4.69, 9.17) is 0 Å². The molecule has 0 bridgehead atoms. The molecule has 1 N–H and O–H groups in total. The van der Waals surface area contributed by atoms with Crippen molar-refractivity contribution in [2.45, 2.75) is 16.3 Å². The zero-order valence-corrected chi connectivity index (χ0v) is 19.5. The van der Waals surface area contributed by atoms with E-state index < -0.39 is 27.1 Å². The predicted octanol–water partition coefficient (Wildman–Crippen LogP) is 6.56. The first-order valence-electron chi connectivity index (χ1n) is 10.9. The van der Waals surface area contributed by atoms with Crippen molar-refractivity contribution in [1.29, 1.82) is 0 Å². The fourth-order valence-corrected chi connectivity index (χ4v) is 5.10. The number of nitro benzene ring substituents is 2. The van der Waals surface area contributed by atoms with Gasteiger partial charge in [-0.3, -0.25) is 29.9 Å². The van der Waals surface area contributed by atoms with Gasteiger partial charge in [0.2, 0.25) is 0 Å².